The van der Waals surface area contributed by atoms with Gasteiger partial charge in [-0.2, -0.15) is 0 Å². The monoisotopic (exact) mass is 115 g/mol. The van der Waals surface area contributed by atoms with Crippen molar-refractivity contribution >= 4 is 8.73 Å². The molecule has 0 radical (unpaired) electrons. The van der Waals surface area contributed by atoms with Crippen LogP contribution >= 0.6 is 8.73 Å². The molecule has 0 saturated carbocycles. The van der Waals surface area contributed by atoms with E-state index in [1.165, 1.54) is 5.31 Å². The van der Waals surface area contributed by atoms with Crippen LogP contribution in [0, 0.1) is 0 Å². The molecular weight excluding hydrogens is 105 g/mol. The van der Waals surface area contributed by atoms with Gasteiger partial charge in [-0.25, -0.2) is 0 Å². The number of nitrogens with one attached hydrogen (secondary N) is 1. The first-order valence-electron chi connectivity index (χ1n) is 2.49. The lowest BCUT2D eigenvalue weighted by molar-refractivity contribution is 0.863. The van der Waals surface area contributed by atoms with Crippen LogP contribution in [0.25, 0.3) is 0 Å². The average Bonchev–Trinajstić information content (AvgIpc) is 1.87. The molecule has 1 heterocycles. The third-order valence-corrected chi connectivity index (χ3v) is 2.16. The molecule has 1 nitrogen and oxygen atoms in total. The Labute approximate surface area is 46.0 Å². The summed E-state index contributed by atoms with van der Waals surface area (Å²) in [5, 5.41) is 4.80. The lowest BCUT2D eigenvalue weighted by atomic mass is 10.3. The predicted octanol–water partition coefficient (Wildman–Crippen LogP) is 1.48. The van der Waals surface area contributed by atoms with Crippen molar-refractivity contribution < 1.29 is 0 Å². The number of hydrogen-bond donors (Lipinski definition) is 1. The van der Waals surface area contributed by atoms with Gasteiger partial charge in [0.05, 0.1) is 0 Å². The summed E-state index contributed by atoms with van der Waals surface area (Å²) in [4.78, 5) is 0. The van der Waals surface area contributed by atoms with Crippen LogP contribution in [-0.2, 0) is 0 Å². The SMILES string of the molecule is CC1=CC(C)NP1. The highest BCUT2D eigenvalue weighted by Gasteiger charge is 2.03. The van der Waals surface area contributed by atoms with Gasteiger partial charge in [-0.05, 0) is 27.9 Å². The minimum Gasteiger partial charge on any atom is -0.288 e. The van der Waals surface area contributed by atoms with Crippen molar-refractivity contribution in [3.05, 3.63) is 11.4 Å². The smallest absolute Gasteiger partial charge is 0.0264 e. The molecule has 40 valence electrons. The topological polar surface area (TPSA) is 12.0 Å². The summed E-state index contributed by atoms with van der Waals surface area (Å²) in [6.45, 7) is 4.33. The summed E-state index contributed by atoms with van der Waals surface area (Å²) in [7, 11) is 0.874. The molecule has 0 aliphatic carbocycles. The van der Waals surface area contributed by atoms with E-state index < -0.39 is 0 Å². The molecule has 1 N–H and O–H groups in total. The molecule has 1 aliphatic heterocycles. The van der Waals surface area contributed by atoms with Crippen LogP contribution in [0.15, 0.2) is 11.4 Å². The molecule has 0 aromatic carbocycles. The third kappa shape index (κ3) is 1.25. The first-order valence-corrected chi connectivity index (χ1v) is 3.49. The zero-order chi connectivity index (χ0) is 5.28. The Balaban J connectivity index is 2.50. The second-order valence-electron chi connectivity index (χ2n) is 1.91. The Kier molecular flexibility index (Phi) is 1.46. The molecule has 0 spiro atoms. The zero-order valence-corrected chi connectivity index (χ0v) is 5.65. The summed E-state index contributed by atoms with van der Waals surface area (Å²) >= 11 is 0. The Hall–Kier alpha value is 0.130. The molecule has 0 saturated heterocycles. The van der Waals surface area contributed by atoms with Gasteiger partial charge in [0.1, 0.15) is 0 Å². The largest absolute Gasteiger partial charge is 0.288 e. The van der Waals surface area contributed by atoms with Gasteiger partial charge in [-0.3, -0.25) is 5.09 Å². The third-order valence-electron chi connectivity index (χ3n) is 0.997. The number of rotatable bonds is 0. The van der Waals surface area contributed by atoms with E-state index in [1.807, 2.05) is 0 Å². The van der Waals surface area contributed by atoms with Crippen molar-refractivity contribution in [3.63, 3.8) is 0 Å². The van der Waals surface area contributed by atoms with Crippen molar-refractivity contribution in [1.82, 2.24) is 5.09 Å². The first-order chi connectivity index (χ1) is 3.29. The van der Waals surface area contributed by atoms with E-state index in [2.05, 4.69) is 25.0 Å². The van der Waals surface area contributed by atoms with E-state index in [1.54, 1.807) is 0 Å². The lowest BCUT2D eigenvalue weighted by Crippen LogP contribution is -2.08. The minimum atomic E-state index is 0.623. The predicted molar refractivity (Wildman–Crippen MR) is 34.7 cm³/mol. The Bertz CT molecular complexity index is 98.3. The van der Waals surface area contributed by atoms with Crippen molar-refractivity contribution in [2.75, 3.05) is 0 Å². The van der Waals surface area contributed by atoms with Gasteiger partial charge in [0, 0.05) is 6.04 Å². The van der Waals surface area contributed by atoms with Gasteiger partial charge in [-0.15, -0.1) is 0 Å². The van der Waals surface area contributed by atoms with E-state index in [9.17, 15) is 0 Å². The first kappa shape index (κ1) is 5.27. The van der Waals surface area contributed by atoms with Gasteiger partial charge in [0.2, 0.25) is 0 Å². The van der Waals surface area contributed by atoms with Gasteiger partial charge in [0.15, 0.2) is 0 Å². The fourth-order valence-electron chi connectivity index (χ4n) is 0.686. The summed E-state index contributed by atoms with van der Waals surface area (Å²) in [6, 6.07) is 0.623. The number of hydrogen-bond acceptors (Lipinski definition) is 1. The summed E-state index contributed by atoms with van der Waals surface area (Å²) in [6.07, 6.45) is 2.26. The molecule has 0 aromatic rings. The second-order valence-corrected chi connectivity index (χ2v) is 3.24. The molecule has 2 unspecified atom stereocenters. The van der Waals surface area contributed by atoms with E-state index in [0.29, 0.717) is 6.04 Å². The van der Waals surface area contributed by atoms with Gasteiger partial charge in [-0.1, -0.05) is 6.08 Å². The van der Waals surface area contributed by atoms with Crippen molar-refractivity contribution in [3.8, 4) is 0 Å². The van der Waals surface area contributed by atoms with Gasteiger partial charge >= 0.3 is 0 Å². The normalized spacial score (nSPS) is 34.0. The molecule has 1 rings (SSSR count). The van der Waals surface area contributed by atoms with Crippen LogP contribution in [-0.4, -0.2) is 6.04 Å². The highest BCUT2D eigenvalue weighted by molar-refractivity contribution is 7.41. The van der Waals surface area contributed by atoms with Crippen LogP contribution in [0.4, 0.5) is 0 Å². The molecule has 2 heteroatoms. The maximum absolute atomic E-state index is 3.30. The van der Waals surface area contributed by atoms with E-state index in [0.717, 1.165) is 8.73 Å². The average molecular weight is 115 g/mol. The molecular formula is C5H10NP. The summed E-state index contributed by atoms with van der Waals surface area (Å²) < 4.78 is 0. The molecule has 0 bridgehead atoms. The Morgan fingerprint density at radius 1 is 1.86 bits per heavy atom. The van der Waals surface area contributed by atoms with Crippen LogP contribution < -0.4 is 5.09 Å². The van der Waals surface area contributed by atoms with Crippen LogP contribution in [0.3, 0.4) is 0 Å². The molecule has 0 aromatic heterocycles. The van der Waals surface area contributed by atoms with E-state index in [4.69, 9.17) is 0 Å². The minimum absolute atomic E-state index is 0.623. The highest BCUT2D eigenvalue weighted by Crippen LogP contribution is 2.25. The maximum atomic E-state index is 3.30. The molecule has 0 amide bonds. The molecule has 2 atom stereocenters. The van der Waals surface area contributed by atoms with Crippen molar-refractivity contribution in [1.29, 1.82) is 0 Å². The summed E-state index contributed by atoms with van der Waals surface area (Å²) in [5.74, 6) is 0. The van der Waals surface area contributed by atoms with E-state index in [-0.39, 0.29) is 0 Å². The maximum Gasteiger partial charge on any atom is 0.0264 e. The van der Waals surface area contributed by atoms with Crippen LogP contribution in [0.2, 0.25) is 0 Å². The Morgan fingerprint density at radius 3 is 2.71 bits per heavy atom. The lowest BCUT2D eigenvalue weighted by Gasteiger charge is -1.94. The molecule has 0 fully saturated rings. The standard InChI is InChI=1S/C5H10NP/c1-4-3-5(2)7-6-4/h3-4,6-7H,1-2H3. The quantitative estimate of drug-likeness (QED) is 0.471. The van der Waals surface area contributed by atoms with Gasteiger partial charge in [0.25, 0.3) is 0 Å². The van der Waals surface area contributed by atoms with E-state index >= 15 is 0 Å². The van der Waals surface area contributed by atoms with Crippen LogP contribution in [0.5, 0.6) is 0 Å². The van der Waals surface area contributed by atoms with Crippen LogP contribution in [0.1, 0.15) is 13.8 Å². The van der Waals surface area contributed by atoms with Crippen molar-refractivity contribution in [2.24, 2.45) is 0 Å². The fraction of sp³-hybridized carbons (Fsp3) is 0.600. The van der Waals surface area contributed by atoms with Crippen molar-refractivity contribution in [2.45, 2.75) is 19.9 Å². The second kappa shape index (κ2) is 1.94. The van der Waals surface area contributed by atoms with Gasteiger partial charge < -0.3 is 0 Å². The highest BCUT2D eigenvalue weighted by atomic mass is 31.1. The molecule has 1 aliphatic rings. The molecule has 7 heavy (non-hydrogen) atoms. The number of allylic oxidation sites excluding steroid dienone is 1. The zero-order valence-electron chi connectivity index (χ0n) is 4.65. The Morgan fingerprint density at radius 2 is 2.57 bits per heavy atom. The summed E-state index contributed by atoms with van der Waals surface area (Å²) in [5.41, 5.74) is 0. The fourth-order valence-corrected chi connectivity index (χ4v) is 1.56.